The summed E-state index contributed by atoms with van der Waals surface area (Å²) >= 11 is 6.11. The molecule has 0 saturated carbocycles. The Hall–Kier alpha value is -1.52. The maximum atomic E-state index is 11.8. The smallest absolute Gasteiger partial charge is 0.253 e. The number of aromatic amines is 1. The predicted molar refractivity (Wildman–Crippen MR) is 73.4 cm³/mol. The molecule has 96 valence electrons. The number of hydrogen-bond donors (Lipinski definition) is 2. The van der Waals surface area contributed by atoms with Gasteiger partial charge in [0.15, 0.2) is 0 Å². The van der Waals surface area contributed by atoms with Gasteiger partial charge < -0.3 is 15.5 Å². The second kappa shape index (κ2) is 5.00. The van der Waals surface area contributed by atoms with E-state index in [-0.39, 0.29) is 11.6 Å². The number of fused-ring (bicyclic) bond motifs is 1. The highest BCUT2D eigenvalue weighted by Gasteiger charge is 2.10. The lowest BCUT2D eigenvalue weighted by molar-refractivity contribution is 0.341. The van der Waals surface area contributed by atoms with Crippen LogP contribution in [0.5, 0.6) is 5.75 Å². The Morgan fingerprint density at radius 1 is 1.44 bits per heavy atom. The van der Waals surface area contributed by atoms with E-state index in [4.69, 9.17) is 22.1 Å². The van der Waals surface area contributed by atoms with Crippen LogP contribution in [0.1, 0.15) is 25.5 Å². The van der Waals surface area contributed by atoms with Crippen LogP contribution in [-0.4, -0.2) is 11.6 Å². The van der Waals surface area contributed by atoms with Crippen molar-refractivity contribution in [3.8, 4) is 5.75 Å². The van der Waals surface area contributed by atoms with Gasteiger partial charge >= 0.3 is 0 Å². The van der Waals surface area contributed by atoms with Gasteiger partial charge in [0.1, 0.15) is 5.75 Å². The molecule has 0 saturated heterocycles. The molecular formula is C13H15ClN2O2. The van der Waals surface area contributed by atoms with Gasteiger partial charge in [-0.15, -0.1) is 0 Å². The molecule has 2 aromatic rings. The average molecular weight is 267 g/mol. The minimum atomic E-state index is -0.316. The standard InChI is InChI=1S/C13H15ClN2O2/c1-3-18-12-6-11-8(5-10(12)14)4-9(7(2)15)13(17)16-11/h4-7H,3,15H2,1-2H3,(H,16,17)/t7-/m0/s1. The highest BCUT2D eigenvalue weighted by molar-refractivity contribution is 6.32. The van der Waals surface area contributed by atoms with E-state index in [2.05, 4.69) is 4.98 Å². The fraction of sp³-hybridized carbons (Fsp3) is 0.308. The normalized spacial score (nSPS) is 12.7. The van der Waals surface area contributed by atoms with Gasteiger partial charge in [-0.05, 0) is 26.0 Å². The van der Waals surface area contributed by atoms with Gasteiger partial charge in [-0.25, -0.2) is 0 Å². The molecule has 3 N–H and O–H groups in total. The van der Waals surface area contributed by atoms with Crippen molar-refractivity contribution in [3.63, 3.8) is 0 Å². The van der Waals surface area contributed by atoms with Crippen LogP contribution in [0.15, 0.2) is 23.0 Å². The first kappa shape index (κ1) is 12.9. The summed E-state index contributed by atoms with van der Waals surface area (Å²) in [6.07, 6.45) is 0. The predicted octanol–water partition coefficient (Wildman–Crippen LogP) is 2.60. The van der Waals surface area contributed by atoms with Gasteiger partial charge in [0, 0.05) is 23.1 Å². The molecule has 1 aromatic carbocycles. The molecule has 18 heavy (non-hydrogen) atoms. The minimum absolute atomic E-state index is 0.178. The molecule has 0 bridgehead atoms. The van der Waals surface area contributed by atoms with E-state index in [1.165, 1.54) is 0 Å². The lowest BCUT2D eigenvalue weighted by Crippen LogP contribution is -2.19. The van der Waals surface area contributed by atoms with E-state index >= 15 is 0 Å². The number of pyridine rings is 1. The Labute approximate surface area is 110 Å². The first-order valence-corrected chi connectivity index (χ1v) is 6.15. The van der Waals surface area contributed by atoms with Crippen LogP contribution in [-0.2, 0) is 0 Å². The van der Waals surface area contributed by atoms with Gasteiger partial charge in [0.25, 0.3) is 5.56 Å². The molecule has 0 unspecified atom stereocenters. The zero-order chi connectivity index (χ0) is 13.3. The number of rotatable bonds is 3. The molecule has 5 heteroatoms. The van der Waals surface area contributed by atoms with Crippen LogP contribution in [0, 0.1) is 0 Å². The van der Waals surface area contributed by atoms with E-state index < -0.39 is 0 Å². The van der Waals surface area contributed by atoms with Gasteiger partial charge in [-0.2, -0.15) is 0 Å². The number of ether oxygens (including phenoxy) is 1. The van der Waals surface area contributed by atoms with Crippen LogP contribution in [0.25, 0.3) is 10.9 Å². The first-order valence-electron chi connectivity index (χ1n) is 5.77. The van der Waals surface area contributed by atoms with E-state index in [1.54, 1.807) is 25.1 Å². The quantitative estimate of drug-likeness (QED) is 0.897. The molecule has 1 atom stereocenters. The third-order valence-electron chi connectivity index (χ3n) is 2.72. The van der Waals surface area contributed by atoms with Gasteiger partial charge in [0.2, 0.25) is 0 Å². The number of aromatic nitrogens is 1. The lowest BCUT2D eigenvalue weighted by Gasteiger charge is -2.10. The molecule has 0 aliphatic rings. The Morgan fingerprint density at radius 3 is 2.78 bits per heavy atom. The van der Waals surface area contributed by atoms with Crippen molar-refractivity contribution in [2.45, 2.75) is 19.9 Å². The van der Waals surface area contributed by atoms with Crippen molar-refractivity contribution in [1.29, 1.82) is 0 Å². The number of benzene rings is 1. The maximum absolute atomic E-state index is 11.8. The molecule has 0 radical (unpaired) electrons. The molecule has 0 aliphatic heterocycles. The van der Waals surface area contributed by atoms with Crippen molar-refractivity contribution in [1.82, 2.24) is 4.98 Å². The Bertz CT molecular complexity index is 635. The second-order valence-electron chi connectivity index (χ2n) is 4.15. The van der Waals surface area contributed by atoms with E-state index in [0.29, 0.717) is 28.5 Å². The number of H-pyrrole nitrogens is 1. The van der Waals surface area contributed by atoms with Crippen LogP contribution in [0.4, 0.5) is 0 Å². The highest BCUT2D eigenvalue weighted by atomic mass is 35.5. The lowest BCUT2D eigenvalue weighted by atomic mass is 10.1. The molecule has 0 amide bonds. The summed E-state index contributed by atoms with van der Waals surface area (Å²) in [4.78, 5) is 14.6. The SMILES string of the molecule is CCOc1cc2[nH]c(=O)c([C@H](C)N)cc2cc1Cl. The zero-order valence-electron chi connectivity index (χ0n) is 10.3. The Balaban J connectivity index is 2.66. The number of halogens is 1. The maximum Gasteiger partial charge on any atom is 0.253 e. The Kier molecular flexibility index (Phi) is 3.59. The van der Waals surface area contributed by atoms with E-state index in [9.17, 15) is 4.79 Å². The van der Waals surface area contributed by atoms with Crippen molar-refractivity contribution >= 4 is 22.5 Å². The second-order valence-corrected chi connectivity index (χ2v) is 4.55. The summed E-state index contributed by atoms with van der Waals surface area (Å²) in [6, 6.07) is 4.95. The molecule has 1 heterocycles. The van der Waals surface area contributed by atoms with Crippen LogP contribution >= 0.6 is 11.6 Å². The molecule has 1 aromatic heterocycles. The van der Waals surface area contributed by atoms with Gasteiger partial charge in [-0.3, -0.25) is 4.79 Å². The van der Waals surface area contributed by atoms with Gasteiger partial charge in [-0.1, -0.05) is 11.6 Å². The van der Waals surface area contributed by atoms with Crippen LogP contribution < -0.4 is 16.0 Å². The van der Waals surface area contributed by atoms with Crippen molar-refractivity contribution in [2.75, 3.05) is 6.61 Å². The van der Waals surface area contributed by atoms with Crippen LogP contribution in [0.2, 0.25) is 5.02 Å². The van der Waals surface area contributed by atoms with E-state index in [0.717, 1.165) is 5.39 Å². The van der Waals surface area contributed by atoms with Crippen LogP contribution in [0.3, 0.4) is 0 Å². The molecule has 4 nitrogen and oxygen atoms in total. The summed E-state index contributed by atoms with van der Waals surface area (Å²) in [6.45, 7) is 4.17. The molecular weight excluding hydrogens is 252 g/mol. The molecule has 2 rings (SSSR count). The largest absolute Gasteiger partial charge is 0.492 e. The number of nitrogens with one attached hydrogen (secondary N) is 1. The number of hydrogen-bond acceptors (Lipinski definition) is 3. The topological polar surface area (TPSA) is 68.1 Å². The third-order valence-corrected chi connectivity index (χ3v) is 3.01. The monoisotopic (exact) mass is 266 g/mol. The fourth-order valence-corrected chi connectivity index (χ4v) is 2.06. The Morgan fingerprint density at radius 2 is 2.17 bits per heavy atom. The van der Waals surface area contributed by atoms with Crippen molar-refractivity contribution in [2.24, 2.45) is 5.73 Å². The van der Waals surface area contributed by atoms with E-state index in [1.807, 2.05) is 6.92 Å². The fourth-order valence-electron chi connectivity index (χ4n) is 1.83. The summed E-state index contributed by atoms with van der Waals surface area (Å²) in [5, 5.41) is 1.36. The highest BCUT2D eigenvalue weighted by Crippen LogP contribution is 2.29. The molecule has 0 spiro atoms. The summed E-state index contributed by atoms with van der Waals surface area (Å²) < 4.78 is 5.38. The first-order chi connectivity index (χ1) is 8.52. The third kappa shape index (κ3) is 2.35. The molecule has 0 fully saturated rings. The van der Waals surface area contributed by atoms with Crippen molar-refractivity contribution < 1.29 is 4.74 Å². The zero-order valence-corrected chi connectivity index (χ0v) is 11.0. The summed E-state index contributed by atoms with van der Waals surface area (Å²) in [5.74, 6) is 0.566. The summed E-state index contributed by atoms with van der Waals surface area (Å²) in [7, 11) is 0. The number of nitrogens with two attached hydrogens (primary N) is 1. The average Bonchev–Trinajstić information content (AvgIpc) is 2.30. The minimum Gasteiger partial charge on any atom is -0.492 e. The van der Waals surface area contributed by atoms with Crippen molar-refractivity contribution in [3.05, 3.63) is 39.1 Å². The van der Waals surface area contributed by atoms with Gasteiger partial charge in [0.05, 0.1) is 17.1 Å². The molecule has 0 aliphatic carbocycles. The summed E-state index contributed by atoms with van der Waals surface area (Å²) in [5.41, 5.74) is 6.80.